The van der Waals surface area contributed by atoms with Crippen LogP contribution in [0.15, 0.2) is 6.20 Å². The van der Waals surface area contributed by atoms with Crippen LogP contribution in [0.5, 0.6) is 0 Å². The Morgan fingerprint density at radius 1 is 1.50 bits per heavy atom. The molecule has 1 fully saturated rings. The normalized spacial score (nSPS) is 15.2. The number of hydrogen-bond donors (Lipinski definition) is 1. The van der Waals surface area contributed by atoms with E-state index in [0.717, 1.165) is 23.6 Å². The Labute approximate surface area is 96.3 Å². The van der Waals surface area contributed by atoms with Gasteiger partial charge in [-0.25, -0.2) is 9.97 Å². The highest BCUT2D eigenvalue weighted by molar-refractivity contribution is 5.45. The Morgan fingerprint density at radius 3 is 2.81 bits per heavy atom. The minimum absolute atomic E-state index is 0.155. The molecule has 16 heavy (non-hydrogen) atoms. The maximum absolute atomic E-state index is 8.97. The van der Waals surface area contributed by atoms with E-state index in [4.69, 9.17) is 5.11 Å². The summed E-state index contributed by atoms with van der Waals surface area (Å²) >= 11 is 0. The van der Waals surface area contributed by atoms with Gasteiger partial charge >= 0.3 is 0 Å². The monoisotopic (exact) mass is 221 g/mol. The van der Waals surface area contributed by atoms with Crippen LogP contribution in [0.1, 0.15) is 37.1 Å². The number of hydrogen-bond acceptors (Lipinski definition) is 4. The van der Waals surface area contributed by atoms with E-state index >= 15 is 0 Å². The maximum atomic E-state index is 8.97. The molecule has 0 radical (unpaired) electrons. The highest BCUT2D eigenvalue weighted by atomic mass is 16.3. The fraction of sp³-hybridized carbons (Fsp3) is 0.667. The fourth-order valence-corrected chi connectivity index (χ4v) is 1.79. The first-order valence-corrected chi connectivity index (χ1v) is 5.94. The predicted molar refractivity (Wildman–Crippen MR) is 63.7 cm³/mol. The molecule has 0 aromatic carbocycles. The number of rotatable bonds is 5. The summed E-state index contributed by atoms with van der Waals surface area (Å²) in [6.07, 6.45) is 5.29. The average Bonchev–Trinajstić information content (AvgIpc) is 3.12. The Morgan fingerprint density at radius 2 is 2.25 bits per heavy atom. The second-order valence-corrected chi connectivity index (χ2v) is 4.35. The van der Waals surface area contributed by atoms with E-state index in [9.17, 15) is 0 Å². The third kappa shape index (κ3) is 2.32. The minimum Gasteiger partial charge on any atom is -0.395 e. The lowest BCUT2D eigenvalue weighted by Gasteiger charge is -2.20. The molecule has 0 aliphatic heterocycles. The van der Waals surface area contributed by atoms with Gasteiger partial charge in [0.2, 0.25) is 0 Å². The van der Waals surface area contributed by atoms with Crippen molar-refractivity contribution in [3.63, 3.8) is 0 Å². The van der Waals surface area contributed by atoms with E-state index in [2.05, 4.69) is 16.9 Å². The van der Waals surface area contributed by atoms with Gasteiger partial charge in [0, 0.05) is 31.3 Å². The van der Waals surface area contributed by atoms with Crippen LogP contribution in [-0.2, 0) is 6.42 Å². The number of aromatic nitrogens is 2. The van der Waals surface area contributed by atoms with Crippen molar-refractivity contribution in [2.45, 2.75) is 32.1 Å². The Balaban J connectivity index is 2.26. The van der Waals surface area contributed by atoms with Crippen molar-refractivity contribution in [3.05, 3.63) is 17.6 Å². The van der Waals surface area contributed by atoms with Gasteiger partial charge in [0.15, 0.2) is 0 Å². The molecule has 0 unspecified atom stereocenters. The fourth-order valence-electron chi connectivity index (χ4n) is 1.79. The molecule has 1 N–H and O–H groups in total. The van der Waals surface area contributed by atoms with Crippen LogP contribution >= 0.6 is 0 Å². The minimum atomic E-state index is 0.155. The van der Waals surface area contributed by atoms with Gasteiger partial charge in [-0.1, -0.05) is 6.92 Å². The lowest BCUT2D eigenvalue weighted by atomic mass is 10.2. The molecule has 1 aliphatic rings. The summed E-state index contributed by atoms with van der Waals surface area (Å²) in [5, 5.41) is 8.97. The standard InChI is InChI=1S/C12H19N3O/c1-3-9-8-13-11(10-4-5-10)14-12(9)15(2)6-7-16/h8,10,16H,3-7H2,1-2H3. The highest BCUT2D eigenvalue weighted by Gasteiger charge is 2.27. The first-order valence-electron chi connectivity index (χ1n) is 5.94. The quantitative estimate of drug-likeness (QED) is 0.815. The molecule has 0 amide bonds. The molecule has 4 heteroatoms. The predicted octanol–water partition coefficient (Wildman–Crippen LogP) is 1.34. The number of aryl methyl sites for hydroxylation is 1. The first-order chi connectivity index (χ1) is 7.76. The lowest BCUT2D eigenvalue weighted by Crippen LogP contribution is -2.24. The van der Waals surface area contributed by atoms with Crippen molar-refractivity contribution in [3.8, 4) is 0 Å². The van der Waals surface area contributed by atoms with E-state index < -0.39 is 0 Å². The summed E-state index contributed by atoms with van der Waals surface area (Å²) in [5.41, 5.74) is 1.15. The van der Waals surface area contributed by atoms with Crippen LogP contribution in [0.4, 0.5) is 5.82 Å². The Hall–Kier alpha value is -1.16. The first kappa shape index (κ1) is 11.3. The summed E-state index contributed by atoms with van der Waals surface area (Å²) in [6, 6.07) is 0. The summed E-state index contributed by atoms with van der Waals surface area (Å²) < 4.78 is 0. The van der Waals surface area contributed by atoms with E-state index in [-0.39, 0.29) is 6.61 Å². The van der Waals surface area contributed by atoms with Crippen LogP contribution in [0.2, 0.25) is 0 Å². The molecule has 1 heterocycles. The molecule has 0 bridgehead atoms. The molecular formula is C12H19N3O. The Kier molecular flexibility index (Phi) is 3.39. The topological polar surface area (TPSA) is 49.2 Å². The number of aliphatic hydroxyl groups excluding tert-OH is 1. The van der Waals surface area contributed by atoms with Crippen molar-refractivity contribution < 1.29 is 5.11 Å². The number of aliphatic hydroxyl groups is 1. The summed E-state index contributed by atoms with van der Waals surface area (Å²) in [4.78, 5) is 11.0. The third-order valence-corrected chi connectivity index (χ3v) is 2.98. The van der Waals surface area contributed by atoms with Gasteiger partial charge in [-0.3, -0.25) is 0 Å². The van der Waals surface area contributed by atoms with Crippen LogP contribution in [0, 0.1) is 0 Å². The zero-order chi connectivity index (χ0) is 11.5. The van der Waals surface area contributed by atoms with Crippen LogP contribution in [0.25, 0.3) is 0 Å². The average molecular weight is 221 g/mol. The van der Waals surface area contributed by atoms with Gasteiger partial charge in [0.1, 0.15) is 11.6 Å². The number of nitrogens with zero attached hydrogens (tertiary/aromatic N) is 3. The molecule has 88 valence electrons. The van der Waals surface area contributed by atoms with Gasteiger partial charge in [0.25, 0.3) is 0 Å². The van der Waals surface area contributed by atoms with Gasteiger partial charge in [0.05, 0.1) is 6.61 Å². The molecule has 0 spiro atoms. The van der Waals surface area contributed by atoms with E-state index in [0.29, 0.717) is 12.5 Å². The van der Waals surface area contributed by atoms with Gasteiger partial charge in [-0.05, 0) is 19.3 Å². The summed E-state index contributed by atoms with van der Waals surface area (Å²) in [5.74, 6) is 2.53. The third-order valence-electron chi connectivity index (χ3n) is 2.98. The molecular weight excluding hydrogens is 202 g/mol. The van der Waals surface area contributed by atoms with Crippen molar-refractivity contribution >= 4 is 5.82 Å². The Bertz CT molecular complexity index is 363. The SMILES string of the molecule is CCc1cnc(C2CC2)nc1N(C)CCO. The van der Waals surface area contributed by atoms with Crippen molar-refractivity contribution in [2.75, 3.05) is 25.1 Å². The summed E-state index contributed by atoms with van der Waals surface area (Å²) in [7, 11) is 1.97. The van der Waals surface area contributed by atoms with Crippen LogP contribution in [-0.4, -0.2) is 35.3 Å². The van der Waals surface area contributed by atoms with Gasteiger partial charge in [-0.2, -0.15) is 0 Å². The van der Waals surface area contributed by atoms with Crippen LogP contribution in [0.3, 0.4) is 0 Å². The molecule has 1 aromatic heterocycles. The molecule has 1 aromatic rings. The van der Waals surface area contributed by atoms with Gasteiger partial charge < -0.3 is 10.0 Å². The number of likely N-dealkylation sites (N-methyl/N-ethyl adjacent to an activating group) is 1. The maximum Gasteiger partial charge on any atom is 0.135 e. The van der Waals surface area contributed by atoms with E-state index in [1.54, 1.807) is 0 Å². The largest absolute Gasteiger partial charge is 0.395 e. The van der Waals surface area contributed by atoms with Crippen molar-refractivity contribution in [2.24, 2.45) is 0 Å². The molecule has 0 atom stereocenters. The molecule has 4 nitrogen and oxygen atoms in total. The lowest BCUT2D eigenvalue weighted by molar-refractivity contribution is 0.303. The molecule has 0 saturated heterocycles. The smallest absolute Gasteiger partial charge is 0.135 e. The second-order valence-electron chi connectivity index (χ2n) is 4.35. The van der Waals surface area contributed by atoms with Crippen molar-refractivity contribution in [1.82, 2.24) is 9.97 Å². The van der Waals surface area contributed by atoms with Gasteiger partial charge in [-0.15, -0.1) is 0 Å². The molecule has 1 saturated carbocycles. The van der Waals surface area contributed by atoms with E-state index in [1.807, 2.05) is 18.1 Å². The van der Waals surface area contributed by atoms with Crippen LogP contribution < -0.4 is 4.90 Å². The molecule has 2 rings (SSSR count). The van der Waals surface area contributed by atoms with Crippen molar-refractivity contribution in [1.29, 1.82) is 0 Å². The summed E-state index contributed by atoms with van der Waals surface area (Å²) in [6.45, 7) is 2.88. The zero-order valence-electron chi connectivity index (χ0n) is 9.98. The number of anilines is 1. The highest BCUT2D eigenvalue weighted by Crippen LogP contribution is 2.38. The zero-order valence-corrected chi connectivity index (χ0v) is 9.98. The second kappa shape index (κ2) is 4.78. The molecule has 1 aliphatic carbocycles. The van der Waals surface area contributed by atoms with E-state index in [1.165, 1.54) is 12.8 Å².